The predicted octanol–water partition coefficient (Wildman–Crippen LogP) is 2.63. The molecule has 1 aliphatic heterocycles. The number of hydrogen-bond donors (Lipinski definition) is 2. The summed E-state index contributed by atoms with van der Waals surface area (Å²) in [5.41, 5.74) is 1.18. The highest BCUT2D eigenvalue weighted by atomic mass is 32.1. The van der Waals surface area contributed by atoms with Crippen molar-refractivity contribution in [3.63, 3.8) is 0 Å². The topological polar surface area (TPSA) is 67.8 Å². The van der Waals surface area contributed by atoms with Crippen molar-refractivity contribution in [1.82, 2.24) is 5.32 Å². The molecule has 132 valence electrons. The average molecular weight is 359 g/mol. The molecule has 0 spiro atoms. The highest BCUT2D eigenvalue weighted by Gasteiger charge is 2.35. The van der Waals surface area contributed by atoms with E-state index < -0.39 is 0 Å². The van der Waals surface area contributed by atoms with E-state index in [2.05, 4.69) is 17.4 Å². The summed E-state index contributed by atoms with van der Waals surface area (Å²) in [5, 5.41) is 14.6. The number of aliphatic hydroxyl groups excluding tert-OH is 1. The lowest BCUT2D eigenvalue weighted by molar-refractivity contribution is 0.0239. The van der Waals surface area contributed by atoms with Gasteiger partial charge in [0, 0.05) is 11.4 Å². The fraction of sp³-hybridized carbons (Fsp3) is 0.421. The molecule has 5 nitrogen and oxygen atoms in total. The van der Waals surface area contributed by atoms with E-state index in [1.54, 1.807) is 0 Å². The van der Waals surface area contributed by atoms with Gasteiger partial charge in [0.05, 0.1) is 6.10 Å². The average Bonchev–Trinajstić information content (AvgIpc) is 3.03. The van der Waals surface area contributed by atoms with Crippen LogP contribution in [0.3, 0.4) is 0 Å². The third-order valence-corrected chi connectivity index (χ3v) is 5.78. The molecule has 0 bridgehead atoms. The fourth-order valence-corrected chi connectivity index (χ4v) is 4.25. The number of ether oxygens (including phenoxy) is 2. The monoisotopic (exact) mass is 359 g/mol. The summed E-state index contributed by atoms with van der Waals surface area (Å²) in [6, 6.07) is 10.1. The smallest absolute Gasteiger partial charge is 0.265 e. The highest BCUT2D eigenvalue weighted by molar-refractivity contribution is 7.12. The molecule has 1 aromatic carbocycles. The van der Waals surface area contributed by atoms with Crippen molar-refractivity contribution in [3.05, 3.63) is 46.2 Å². The summed E-state index contributed by atoms with van der Waals surface area (Å²) in [6.07, 6.45) is 1.99. The standard InChI is InChI=1S/C19H21NO4S/c21-14-9-13(10-14)15(8-12-4-2-1-3-5-12)20-19(22)18-17-16(11-25-18)23-6-7-24-17/h1-5,11,13-15,21H,6-10H2,(H,20,22)/t13?,14?,15-/m1/s1. The van der Waals surface area contributed by atoms with Crippen LogP contribution < -0.4 is 14.8 Å². The van der Waals surface area contributed by atoms with Crippen LogP contribution in [-0.2, 0) is 6.42 Å². The minimum absolute atomic E-state index is 0.000518. The molecule has 6 heteroatoms. The second-order valence-electron chi connectivity index (χ2n) is 6.61. The maximum Gasteiger partial charge on any atom is 0.265 e. The number of benzene rings is 1. The van der Waals surface area contributed by atoms with Crippen LogP contribution in [0.15, 0.2) is 35.7 Å². The van der Waals surface area contributed by atoms with E-state index in [1.807, 2.05) is 23.6 Å². The van der Waals surface area contributed by atoms with Gasteiger partial charge in [-0.1, -0.05) is 30.3 Å². The van der Waals surface area contributed by atoms with Gasteiger partial charge in [-0.2, -0.15) is 0 Å². The Kier molecular flexibility index (Phi) is 4.63. The Morgan fingerprint density at radius 1 is 1.24 bits per heavy atom. The first-order chi connectivity index (χ1) is 12.2. The molecule has 2 N–H and O–H groups in total. The minimum atomic E-state index is -0.244. The third-order valence-electron chi connectivity index (χ3n) is 4.84. The van der Waals surface area contributed by atoms with Gasteiger partial charge in [-0.25, -0.2) is 0 Å². The number of thiophene rings is 1. The highest BCUT2D eigenvalue weighted by Crippen LogP contribution is 2.39. The molecular weight excluding hydrogens is 338 g/mol. The molecule has 1 atom stereocenters. The van der Waals surface area contributed by atoms with Crippen molar-refractivity contribution in [3.8, 4) is 11.5 Å². The first kappa shape index (κ1) is 16.4. The first-order valence-corrected chi connectivity index (χ1v) is 9.48. The Hall–Kier alpha value is -2.05. The number of fused-ring (bicyclic) bond motifs is 1. The fourth-order valence-electron chi connectivity index (χ4n) is 3.42. The van der Waals surface area contributed by atoms with Crippen LogP contribution in [-0.4, -0.2) is 36.4 Å². The molecule has 25 heavy (non-hydrogen) atoms. The summed E-state index contributed by atoms with van der Waals surface area (Å²) in [4.78, 5) is 13.4. The van der Waals surface area contributed by atoms with E-state index >= 15 is 0 Å². The quantitative estimate of drug-likeness (QED) is 0.861. The number of amides is 1. The maximum absolute atomic E-state index is 12.8. The lowest BCUT2D eigenvalue weighted by Gasteiger charge is -2.38. The Labute approximate surface area is 150 Å². The summed E-state index contributed by atoms with van der Waals surface area (Å²) in [5.74, 6) is 1.38. The second-order valence-corrected chi connectivity index (χ2v) is 7.49. The van der Waals surface area contributed by atoms with Gasteiger partial charge in [-0.05, 0) is 30.7 Å². The van der Waals surface area contributed by atoms with Crippen molar-refractivity contribution in [2.45, 2.75) is 31.4 Å². The van der Waals surface area contributed by atoms with Crippen LogP contribution >= 0.6 is 11.3 Å². The Morgan fingerprint density at radius 2 is 2.00 bits per heavy atom. The molecule has 1 fully saturated rings. The molecule has 1 amide bonds. The van der Waals surface area contributed by atoms with Crippen LogP contribution in [0.2, 0.25) is 0 Å². The normalized spacial score (nSPS) is 22.8. The number of carbonyl (C=O) groups is 1. The van der Waals surface area contributed by atoms with Gasteiger partial charge in [0.2, 0.25) is 0 Å². The number of rotatable bonds is 5. The lowest BCUT2D eigenvalue weighted by Crippen LogP contribution is -2.48. The van der Waals surface area contributed by atoms with E-state index in [0.29, 0.717) is 35.5 Å². The third kappa shape index (κ3) is 3.50. The number of nitrogens with one attached hydrogen (secondary N) is 1. The van der Waals surface area contributed by atoms with Crippen molar-refractivity contribution in [2.75, 3.05) is 13.2 Å². The number of carbonyl (C=O) groups excluding carboxylic acids is 1. The van der Waals surface area contributed by atoms with Crippen LogP contribution in [0, 0.1) is 5.92 Å². The molecule has 1 aliphatic carbocycles. The lowest BCUT2D eigenvalue weighted by atomic mass is 9.75. The molecule has 2 heterocycles. The van der Waals surface area contributed by atoms with Crippen LogP contribution in [0.5, 0.6) is 11.5 Å². The van der Waals surface area contributed by atoms with E-state index in [4.69, 9.17) is 9.47 Å². The zero-order valence-electron chi connectivity index (χ0n) is 13.8. The van der Waals surface area contributed by atoms with Gasteiger partial charge in [-0.3, -0.25) is 4.79 Å². The van der Waals surface area contributed by atoms with Gasteiger partial charge in [0.15, 0.2) is 11.5 Å². The summed E-state index contributed by atoms with van der Waals surface area (Å²) in [7, 11) is 0. The maximum atomic E-state index is 12.8. The molecule has 4 rings (SSSR count). The number of aliphatic hydroxyl groups is 1. The Balaban J connectivity index is 1.50. The van der Waals surface area contributed by atoms with Gasteiger partial charge in [-0.15, -0.1) is 11.3 Å². The van der Waals surface area contributed by atoms with Crippen molar-refractivity contribution < 1.29 is 19.4 Å². The number of hydrogen-bond acceptors (Lipinski definition) is 5. The van der Waals surface area contributed by atoms with E-state index in [0.717, 1.165) is 19.3 Å². The van der Waals surface area contributed by atoms with Gasteiger partial charge >= 0.3 is 0 Å². The zero-order chi connectivity index (χ0) is 17.2. The van der Waals surface area contributed by atoms with Gasteiger partial charge < -0.3 is 19.9 Å². The molecular formula is C19H21NO4S. The first-order valence-electron chi connectivity index (χ1n) is 8.60. The van der Waals surface area contributed by atoms with Gasteiger partial charge in [0.25, 0.3) is 5.91 Å². The van der Waals surface area contributed by atoms with E-state index in [1.165, 1.54) is 16.9 Å². The summed E-state index contributed by atoms with van der Waals surface area (Å²) < 4.78 is 11.1. The van der Waals surface area contributed by atoms with Crippen LogP contribution in [0.1, 0.15) is 28.1 Å². The molecule has 0 radical (unpaired) electrons. The van der Waals surface area contributed by atoms with Crippen LogP contribution in [0.4, 0.5) is 0 Å². The predicted molar refractivity (Wildman–Crippen MR) is 95.4 cm³/mol. The summed E-state index contributed by atoms with van der Waals surface area (Å²) >= 11 is 1.35. The van der Waals surface area contributed by atoms with Gasteiger partial charge in [0.1, 0.15) is 18.1 Å². The van der Waals surface area contributed by atoms with E-state index in [-0.39, 0.29) is 18.1 Å². The van der Waals surface area contributed by atoms with E-state index in [9.17, 15) is 9.90 Å². The SMILES string of the molecule is O=C(N[C@H](Cc1ccccc1)C1CC(O)C1)c1scc2c1OCCO2. The molecule has 0 unspecified atom stereocenters. The minimum Gasteiger partial charge on any atom is -0.485 e. The van der Waals surface area contributed by atoms with Crippen molar-refractivity contribution in [2.24, 2.45) is 5.92 Å². The van der Waals surface area contributed by atoms with Crippen molar-refractivity contribution in [1.29, 1.82) is 0 Å². The largest absolute Gasteiger partial charge is 0.485 e. The molecule has 1 saturated carbocycles. The Morgan fingerprint density at radius 3 is 2.76 bits per heavy atom. The molecule has 2 aliphatic rings. The molecule has 0 saturated heterocycles. The van der Waals surface area contributed by atoms with Crippen LogP contribution in [0.25, 0.3) is 0 Å². The molecule has 1 aromatic heterocycles. The zero-order valence-corrected chi connectivity index (χ0v) is 14.6. The van der Waals surface area contributed by atoms with Crippen molar-refractivity contribution >= 4 is 17.2 Å². The second kappa shape index (κ2) is 7.06. The molecule has 2 aromatic rings. The Bertz CT molecular complexity index is 739. The summed E-state index contributed by atoms with van der Waals surface area (Å²) in [6.45, 7) is 0.980.